The van der Waals surface area contributed by atoms with Gasteiger partial charge >= 0.3 is 0 Å². The lowest BCUT2D eigenvalue weighted by molar-refractivity contribution is -0.351. The van der Waals surface area contributed by atoms with E-state index in [0.717, 1.165) is 16.7 Å². The van der Waals surface area contributed by atoms with Crippen LogP contribution in [0.2, 0.25) is 0 Å². The Kier molecular flexibility index (Phi) is 8.23. The molecule has 0 spiro atoms. The number of hydrogen-bond donors (Lipinski definition) is 3. The number of amides is 1. The molecule has 4 heterocycles. The molecule has 0 bridgehead atoms. The number of fused-ring (bicyclic) bond motifs is 1. The highest BCUT2D eigenvalue weighted by atomic mass is 16.5. The minimum atomic E-state index is -0.634. The third-order valence-corrected chi connectivity index (χ3v) is 7.02. The van der Waals surface area contributed by atoms with E-state index in [2.05, 4.69) is 30.2 Å². The van der Waals surface area contributed by atoms with Gasteiger partial charge in [-0.3, -0.25) is 9.59 Å². The number of nitrogens with one attached hydrogen (secondary N) is 2. The second-order valence-corrected chi connectivity index (χ2v) is 10.2. The van der Waals surface area contributed by atoms with E-state index in [4.69, 9.17) is 14.9 Å². The summed E-state index contributed by atoms with van der Waals surface area (Å²) < 4.78 is 11.5. The standard InChI is InChI=1S/C30H32N8O4/c1-17(2)28-36-37-29(42-28)23(19-8-6-5-7-9-19)20-10-12-38(13-11-20)30(40)26(39)21-14-32-25-24(21)22(41-4)15-33-27(25)35-16-34-18(3)31/h5-9,14-17,32H,10-13H2,1-4H3,(H2,31,33,34,35)/p+1. The first-order chi connectivity index (χ1) is 20.3. The number of aromatic nitrogens is 4. The first-order valence-corrected chi connectivity index (χ1v) is 13.7. The number of nitrogens with two attached hydrogens (primary N) is 1. The fourth-order valence-electron chi connectivity index (χ4n) is 4.90. The molecular formula is C30H33N8O4+. The normalized spacial score (nSPS) is 14.3. The number of methoxy groups -OCH3 is 1. The van der Waals surface area contributed by atoms with Crippen molar-refractivity contribution < 1.29 is 23.7 Å². The Bertz CT molecular complexity index is 1700. The third kappa shape index (κ3) is 5.69. The number of aromatic amines is 1. The molecule has 1 aliphatic heterocycles. The Morgan fingerprint density at radius 3 is 2.57 bits per heavy atom. The smallest absolute Gasteiger partial charge is 0.295 e. The van der Waals surface area contributed by atoms with E-state index in [-0.39, 0.29) is 11.5 Å². The van der Waals surface area contributed by atoms with Gasteiger partial charge in [0, 0.05) is 37.7 Å². The number of ether oxygens (including phenoxy) is 1. The molecule has 1 amide bonds. The SMILES string of the molecule is COc1cnc([NH+]=CN=C(C)N)c2[nH]cc(C(=O)C(=O)N3CCC(=C(c4ccccc4)c4nnc(C(C)C)o4)CC3)c12. The first kappa shape index (κ1) is 28.4. The van der Waals surface area contributed by atoms with Gasteiger partial charge in [-0.15, -0.1) is 15.2 Å². The van der Waals surface area contributed by atoms with Crippen LogP contribution in [0.5, 0.6) is 5.75 Å². The average Bonchev–Trinajstić information content (AvgIpc) is 3.66. The molecule has 12 nitrogen and oxygen atoms in total. The summed E-state index contributed by atoms with van der Waals surface area (Å²) in [7, 11) is 1.48. The number of H-pyrrole nitrogens is 1. The minimum Gasteiger partial charge on any atom is -0.493 e. The van der Waals surface area contributed by atoms with Gasteiger partial charge in [-0.1, -0.05) is 54.7 Å². The van der Waals surface area contributed by atoms with E-state index in [1.807, 2.05) is 44.2 Å². The largest absolute Gasteiger partial charge is 0.493 e. The number of likely N-dealkylation sites (tertiary alicyclic amines) is 1. The number of Topliss-reactive ketones (excluding diaryl/α,β-unsaturated/α-hetero) is 1. The van der Waals surface area contributed by atoms with Gasteiger partial charge in [-0.25, -0.2) is 4.99 Å². The fourth-order valence-corrected chi connectivity index (χ4v) is 4.90. The average molecular weight is 570 g/mol. The lowest BCUT2D eigenvalue weighted by Gasteiger charge is -2.29. The summed E-state index contributed by atoms with van der Waals surface area (Å²) >= 11 is 0. The number of carbonyl (C=O) groups excluding carboxylic acids is 2. The number of amidine groups is 1. The van der Waals surface area contributed by atoms with Crippen LogP contribution in [0, 0.1) is 0 Å². The number of hydrogen-bond acceptors (Lipinski definition) is 7. The molecule has 0 atom stereocenters. The van der Waals surface area contributed by atoms with E-state index in [1.54, 1.807) is 11.8 Å². The predicted octanol–water partition coefficient (Wildman–Crippen LogP) is 2.50. The van der Waals surface area contributed by atoms with Crippen LogP contribution in [0.25, 0.3) is 16.5 Å². The number of carbonyl (C=O) groups is 2. The van der Waals surface area contributed by atoms with Gasteiger partial charge in [0.1, 0.15) is 11.7 Å². The van der Waals surface area contributed by atoms with E-state index < -0.39 is 11.7 Å². The van der Waals surface area contributed by atoms with E-state index >= 15 is 0 Å². The van der Waals surface area contributed by atoms with Gasteiger partial charge in [0.15, 0.2) is 11.6 Å². The van der Waals surface area contributed by atoms with Crippen molar-refractivity contribution in [2.24, 2.45) is 10.7 Å². The molecule has 1 fully saturated rings. The van der Waals surface area contributed by atoms with Crippen molar-refractivity contribution in [2.75, 3.05) is 20.2 Å². The Labute approximate surface area is 242 Å². The number of ketones is 1. The molecule has 3 aromatic heterocycles. The second kappa shape index (κ2) is 12.2. The Balaban J connectivity index is 1.40. The quantitative estimate of drug-likeness (QED) is 0.126. The topological polar surface area (TPSA) is 167 Å². The number of aliphatic imine (C=N–C) groups is 1. The minimum absolute atomic E-state index is 0.103. The molecule has 4 aromatic rings. The van der Waals surface area contributed by atoms with Crippen LogP contribution >= 0.6 is 0 Å². The summed E-state index contributed by atoms with van der Waals surface area (Å²) in [6.45, 7) is 6.41. The maximum absolute atomic E-state index is 13.5. The lowest BCUT2D eigenvalue weighted by Crippen LogP contribution is -2.62. The van der Waals surface area contributed by atoms with Gasteiger partial charge in [0.05, 0.1) is 18.1 Å². The zero-order valence-electron chi connectivity index (χ0n) is 24.0. The lowest BCUT2D eigenvalue weighted by atomic mass is 9.92. The molecule has 216 valence electrons. The summed E-state index contributed by atoms with van der Waals surface area (Å²) in [5.41, 5.74) is 9.24. The van der Waals surface area contributed by atoms with Gasteiger partial charge in [-0.2, -0.15) is 0 Å². The summed E-state index contributed by atoms with van der Waals surface area (Å²) in [5.74, 6) is 1.06. The molecule has 0 saturated carbocycles. The van der Waals surface area contributed by atoms with Crippen LogP contribution in [0.4, 0.5) is 5.82 Å². The van der Waals surface area contributed by atoms with Crippen molar-refractivity contribution in [3.05, 3.63) is 71.2 Å². The molecule has 0 unspecified atom stereocenters. The fraction of sp³-hybridized carbons (Fsp3) is 0.300. The molecule has 1 saturated heterocycles. The molecule has 42 heavy (non-hydrogen) atoms. The van der Waals surface area contributed by atoms with E-state index in [1.165, 1.54) is 25.8 Å². The first-order valence-electron chi connectivity index (χ1n) is 13.7. The summed E-state index contributed by atoms with van der Waals surface area (Å²) in [6.07, 6.45) is 5.52. The van der Waals surface area contributed by atoms with Crippen molar-refractivity contribution in [3.8, 4) is 5.75 Å². The second-order valence-electron chi connectivity index (χ2n) is 10.2. The summed E-state index contributed by atoms with van der Waals surface area (Å²) in [4.78, 5) is 42.9. The monoisotopic (exact) mass is 569 g/mol. The van der Waals surface area contributed by atoms with Gasteiger partial charge in [0.25, 0.3) is 17.5 Å². The van der Waals surface area contributed by atoms with Crippen LogP contribution < -0.4 is 15.5 Å². The van der Waals surface area contributed by atoms with Gasteiger partial charge in [-0.05, 0) is 18.4 Å². The molecule has 1 aromatic carbocycles. The molecule has 5 rings (SSSR count). The van der Waals surface area contributed by atoms with Crippen molar-refractivity contribution in [2.45, 2.75) is 39.5 Å². The Hall–Kier alpha value is -5.13. The zero-order valence-corrected chi connectivity index (χ0v) is 24.0. The Morgan fingerprint density at radius 2 is 1.93 bits per heavy atom. The predicted molar refractivity (Wildman–Crippen MR) is 158 cm³/mol. The molecular weight excluding hydrogens is 536 g/mol. The maximum atomic E-state index is 13.5. The summed E-state index contributed by atoms with van der Waals surface area (Å²) in [6, 6.07) is 9.89. The number of nitrogens with zero attached hydrogens (tertiary/aromatic N) is 5. The molecule has 12 heteroatoms. The number of pyridine rings is 1. The van der Waals surface area contributed by atoms with Crippen LogP contribution in [0.15, 0.2) is 57.7 Å². The van der Waals surface area contributed by atoms with Crippen LogP contribution in [-0.4, -0.2) is 69.1 Å². The highest BCUT2D eigenvalue weighted by Crippen LogP contribution is 2.34. The highest BCUT2D eigenvalue weighted by molar-refractivity contribution is 6.45. The van der Waals surface area contributed by atoms with Gasteiger partial charge in [0.2, 0.25) is 18.1 Å². The van der Waals surface area contributed by atoms with Gasteiger partial charge < -0.3 is 24.8 Å². The zero-order chi connectivity index (χ0) is 29.8. The van der Waals surface area contributed by atoms with Crippen LogP contribution in [0.3, 0.4) is 0 Å². The number of benzene rings is 1. The number of rotatable bonds is 8. The van der Waals surface area contributed by atoms with Crippen LogP contribution in [-0.2, 0) is 4.79 Å². The maximum Gasteiger partial charge on any atom is 0.295 e. The van der Waals surface area contributed by atoms with Crippen molar-refractivity contribution in [1.29, 1.82) is 0 Å². The summed E-state index contributed by atoms with van der Waals surface area (Å²) in [5, 5.41) is 9.01. The van der Waals surface area contributed by atoms with E-state index in [9.17, 15) is 9.59 Å². The molecule has 0 aliphatic carbocycles. The molecule has 0 radical (unpaired) electrons. The van der Waals surface area contributed by atoms with Crippen molar-refractivity contribution in [3.63, 3.8) is 0 Å². The molecule has 4 N–H and O–H groups in total. The highest BCUT2D eigenvalue weighted by Gasteiger charge is 2.31. The van der Waals surface area contributed by atoms with Crippen molar-refractivity contribution >= 4 is 46.2 Å². The van der Waals surface area contributed by atoms with Crippen molar-refractivity contribution in [1.82, 2.24) is 25.1 Å². The van der Waals surface area contributed by atoms with Crippen LogP contribution in [0.1, 0.15) is 67.2 Å². The molecule has 1 aliphatic rings. The third-order valence-electron chi connectivity index (χ3n) is 7.02. The van der Waals surface area contributed by atoms with E-state index in [0.29, 0.717) is 66.0 Å². The number of piperidine rings is 1. The Morgan fingerprint density at radius 1 is 1.19 bits per heavy atom.